The van der Waals surface area contributed by atoms with Crippen molar-refractivity contribution in [1.29, 1.82) is 0 Å². The van der Waals surface area contributed by atoms with Crippen molar-refractivity contribution in [2.75, 3.05) is 5.32 Å². The molecule has 3 N–H and O–H groups in total. The van der Waals surface area contributed by atoms with E-state index in [2.05, 4.69) is 30.9 Å². The van der Waals surface area contributed by atoms with E-state index in [1.807, 2.05) is 0 Å². The number of anilines is 1. The van der Waals surface area contributed by atoms with Gasteiger partial charge in [-0.15, -0.1) is 11.3 Å². The van der Waals surface area contributed by atoms with Gasteiger partial charge in [0.1, 0.15) is 35.6 Å². The Balaban J connectivity index is 1.88. The summed E-state index contributed by atoms with van der Waals surface area (Å²) in [5.41, 5.74) is -2.29. The van der Waals surface area contributed by atoms with Crippen LogP contribution in [0.4, 0.5) is 9.93 Å². The van der Waals surface area contributed by atoms with Crippen molar-refractivity contribution in [2.45, 2.75) is 84.4 Å². The second kappa shape index (κ2) is 12.6. The van der Waals surface area contributed by atoms with E-state index >= 15 is 0 Å². The topological polar surface area (TPSA) is 234 Å². The molecule has 1 saturated heterocycles. The highest BCUT2D eigenvalue weighted by Gasteiger charge is 2.54. The van der Waals surface area contributed by atoms with Crippen LogP contribution in [0.1, 0.15) is 54.2 Å². The summed E-state index contributed by atoms with van der Waals surface area (Å²) in [6, 6.07) is -2.74. The second-order valence-corrected chi connectivity index (χ2v) is 13.3. The minimum atomic E-state index is -4.97. The highest BCUT2D eigenvalue weighted by molar-refractivity contribution is 7.84. The molecule has 1 aliphatic rings. The highest BCUT2D eigenvalue weighted by Crippen LogP contribution is 2.25. The summed E-state index contributed by atoms with van der Waals surface area (Å²) in [7, 11) is -4.97. The van der Waals surface area contributed by atoms with Crippen LogP contribution in [-0.2, 0) is 45.5 Å². The number of nitrogens with one attached hydrogen (secondary N) is 2. The van der Waals surface area contributed by atoms with Gasteiger partial charge in [-0.2, -0.15) is 13.5 Å². The molecule has 0 aliphatic carbocycles. The molecule has 2 aromatic heterocycles. The number of ether oxygens (including phenoxy) is 2. The Morgan fingerprint density at radius 2 is 1.81 bits per heavy atom. The molecule has 2 aromatic rings. The fraction of sp³-hybridized carbons (Fsp3) is 0.565. The first-order valence-corrected chi connectivity index (χ1v) is 14.9. The van der Waals surface area contributed by atoms with E-state index in [1.54, 1.807) is 41.5 Å². The molecule has 3 rings (SSSR count). The lowest BCUT2D eigenvalue weighted by Crippen LogP contribution is -2.73. The molecule has 0 aromatic carbocycles. The summed E-state index contributed by atoms with van der Waals surface area (Å²) >= 11 is 0.907. The SMILES string of the molecule is C[C@H](O/N=C(\C(=O)N[C@@H]1C(=O)N(S(=O)(=O)O)[C@@H]1Cn1cncn1)c1csc(NC(=O)OC(C)(C)C)n1)C(=O)OC(C)(C)C. The number of nitrogens with zero attached hydrogens (tertiary/aromatic N) is 6. The number of amides is 3. The number of β-lactam (4-membered cyclic amide) rings is 1. The molecule has 18 nitrogen and oxygen atoms in total. The molecule has 0 saturated carbocycles. The standard InChI is InChI=1S/C23H32N8O10S2/c1-12(19(34)39-22(2,3)4)41-29-15(13-9-42-20(26-13)28-21(35)40-23(5,6)7)17(32)27-16-14(8-30-11-24-10-25-30)31(18(16)33)43(36,37)38/h9-12,14,16H,8H2,1-7H3,(H,27,32)(H,26,28,35)(H,36,37,38)/b29-15-/t12-,14+,16-/m0/s1. The highest BCUT2D eigenvalue weighted by atomic mass is 32.2. The Bertz CT molecular complexity index is 1490. The third kappa shape index (κ3) is 9.16. The van der Waals surface area contributed by atoms with Gasteiger partial charge in [-0.3, -0.25) is 24.1 Å². The quantitative estimate of drug-likeness (QED) is 0.107. The average molecular weight is 645 g/mol. The number of carbonyl (C=O) groups is 4. The number of carbonyl (C=O) groups excluding carboxylic acids is 4. The van der Waals surface area contributed by atoms with Crippen LogP contribution in [0.25, 0.3) is 0 Å². The number of aromatic nitrogens is 4. The second-order valence-electron chi connectivity index (χ2n) is 11.1. The average Bonchev–Trinajstić information content (AvgIpc) is 3.51. The van der Waals surface area contributed by atoms with Gasteiger partial charge in [-0.25, -0.2) is 23.9 Å². The van der Waals surface area contributed by atoms with Gasteiger partial charge in [-0.05, 0) is 48.5 Å². The minimum Gasteiger partial charge on any atom is -0.457 e. The van der Waals surface area contributed by atoms with Crippen LogP contribution in [-0.4, -0.2) is 96.0 Å². The fourth-order valence-electron chi connectivity index (χ4n) is 3.46. The monoisotopic (exact) mass is 644 g/mol. The Labute approximate surface area is 250 Å². The van der Waals surface area contributed by atoms with E-state index in [4.69, 9.17) is 14.3 Å². The summed E-state index contributed by atoms with van der Waals surface area (Å²) in [4.78, 5) is 63.8. The van der Waals surface area contributed by atoms with E-state index in [1.165, 1.54) is 29.6 Å². The normalized spacial score (nSPS) is 18.4. The van der Waals surface area contributed by atoms with Crippen molar-refractivity contribution in [3.05, 3.63) is 23.7 Å². The van der Waals surface area contributed by atoms with Crippen LogP contribution in [0.3, 0.4) is 0 Å². The van der Waals surface area contributed by atoms with Crippen LogP contribution in [0, 0.1) is 0 Å². The van der Waals surface area contributed by atoms with Crippen LogP contribution in [0.15, 0.2) is 23.2 Å². The first-order valence-electron chi connectivity index (χ1n) is 12.6. The number of oxime groups is 1. The van der Waals surface area contributed by atoms with Crippen molar-refractivity contribution in [1.82, 2.24) is 29.4 Å². The van der Waals surface area contributed by atoms with E-state index in [9.17, 15) is 32.1 Å². The maximum absolute atomic E-state index is 13.4. The summed E-state index contributed by atoms with van der Waals surface area (Å²) in [6.45, 7) is 11.0. The predicted molar refractivity (Wildman–Crippen MR) is 149 cm³/mol. The lowest BCUT2D eigenvalue weighted by Gasteiger charge is -2.43. The van der Waals surface area contributed by atoms with E-state index in [-0.39, 0.29) is 21.7 Å². The van der Waals surface area contributed by atoms with Gasteiger partial charge in [-0.1, -0.05) is 5.16 Å². The Kier molecular flexibility index (Phi) is 9.76. The Morgan fingerprint density at radius 3 is 2.37 bits per heavy atom. The largest absolute Gasteiger partial charge is 0.457 e. The maximum atomic E-state index is 13.4. The van der Waals surface area contributed by atoms with Gasteiger partial charge < -0.3 is 19.6 Å². The Hall–Kier alpha value is -4.17. The number of hydrogen-bond acceptors (Lipinski definition) is 14. The fourth-order valence-corrected chi connectivity index (χ4v) is 5.02. The van der Waals surface area contributed by atoms with Crippen molar-refractivity contribution in [3.63, 3.8) is 0 Å². The van der Waals surface area contributed by atoms with E-state index in [0.29, 0.717) is 0 Å². The lowest BCUT2D eigenvalue weighted by molar-refractivity contribution is -0.167. The number of rotatable bonds is 10. The molecule has 0 unspecified atom stereocenters. The number of esters is 1. The summed E-state index contributed by atoms with van der Waals surface area (Å²) < 4.78 is 45.0. The molecule has 3 amide bonds. The molecule has 3 heterocycles. The molecule has 0 bridgehead atoms. The van der Waals surface area contributed by atoms with Crippen LogP contribution in [0.5, 0.6) is 0 Å². The molecular weight excluding hydrogens is 612 g/mol. The summed E-state index contributed by atoms with van der Waals surface area (Å²) in [6.07, 6.45) is 0.329. The molecule has 1 fully saturated rings. The van der Waals surface area contributed by atoms with Gasteiger partial charge in [0, 0.05) is 5.38 Å². The maximum Gasteiger partial charge on any atom is 0.413 e. The van der Waals surface area contributed by atoms with Crippen LogP contribution < -0.4 is 10.6 Å². The molecule has 3 atom stereocenters. The Morgan fingerprint density at radius 1 is 1.16 bits per heavy atom. The molecule has 20 heteroatoms. The van der Waals surface area contributed by atoms with Crippen LogP contribution in [0.2, 0.25) is 0 Å². The zero-order valence-corrected chi connectivity index (χ0v) is 25.9. The van der Waals surface area contributed by atoms with E-state index < -0.39 is 69.3 Å². The number of thiazole rings is 1. The molecular formula is C23H32N8O10S2. The predicted octanol–water partition coefficient (Wildman–Crippen LogP) is 0.731. The van der Waals surface area contributed by atoms with Crippen molar-refractivity contribution in [3.8, 4) is 0 Å². The van der Waals surface area contributed by atoms with Gasteiger partial charge >= 0.3 is 22.4 Å². The zero-order valence-electron chi connectivity index (χ0n) is 24.3. The van der Waals surface area contributed by atoms with Gasteiger partial charge in [0.25, 0.3) is 11.8 Å². The molecule has 236 valence electrons. The lowest BCUT2D eigenvalue weighted by atomic mass is 9.98. The molecule has 0 spiro atoms. The van der Waals surface area contributed by atoms with Gasteiger partial charge in [0.2, 0.25) is 6.10 Å². The van der Waals surface area contributed by atoms with Crippen molar-refractivity contribution in [2.24, 2.45) is 5.16 Å². The third-order valence-corrected chi connectivity index (χ3v) is 6.86. The van der Waals surface area contributed by atoms with Gasteiger partial charge in [0.15, 0.2) is 10.8 Å². The zero-order chi connectivity index (χ0) is 32.3. The minimum absolute atomic E-state index is 0.0197. The van der Waals surface area contributed by atoms with Crippen molar-refractivity contribution >= 4 is 56.4 Å². The molecule has 43 heavy (non-hydrogen) atoms. The first kappa shape index (κ1) is 33.3. The summed E-state index contributed by atoms with van der Waals surface area (Å²) in [5, 5.41) is 13.8. The number of hydrogen-bond donors (Lipinski definition) is 3. The van der Waals surface area contributed by atoms with Gasteiger partial charge in [0.05, 0.1) is 12.6 Å². The van der Waals surface area contributed by atoms with Crippen molar-refractivity contribution < 1.29 is 46.5 Å². The van der Waals surface area contributed by atoms with E-state index in [0.717, 1.165) is 11.3 Å². The summed E-state index contributed by atoms with van der Waals surface area (Å²) in [5.74, 6) is -2.97. The van der Waals surface area contributed by atoms with Crippen LogP contribution >= 0.6 is 11.3 Å². The third-order valence-electron chi connectivity index (χ3n) is 5.16. The smallest absolute Gasteiger partial charge is 0.413 e. The molecule has 0 radical (unpaired) electrons. The molecule has 1 aliphatic heterocycles. The first-order chi connectivity index (χ1) is 19.7.